The Balaban J connectivity index is 2.37. The summed E-state index contributed by atoms with van der Waals surface area (Å²) in [5.41, 5.74) is -0.256. The molecule has 1 fully saturated rings. The topological polar surface area (TPSA) is 28.7 Å². The highest BCUT2D eigenvalue weighted by molar-refractivity contribution is 7.71. The Hall–Kier alpha value is -0.910. The molecule has 1 saturated carbocycles. The number of nitrogens with zero attached hydrogens (tertiary/aromatic N) is 1. The van der Waals surface area contributed by atoms with Crippen LogP contribution in [0.5, 0.6) is 0 Å². The van der Waals surface area contributed by atoms with E-state index in [1.165, 1.54) is 0 Å². The number of halogens is 3. The van der Waals surface area contributed by atoms with Crippen LogP contribution in [-0.4, -0.2) is 9.97 Å². The average molecular weight is 288 g/mol. The second-order valence-electron chi connectivity index (χ2n) is 6.32. The quantitative estimate of drug-likeness (QED) is 0.720. The summed E-state index contributed by atoms with van der Waals surface area (Å²) in [5, 5.41) is 0. The van der Waals surface area contributed by atoms with E-state index in [9.17, 15) is 13.2 Å². The third kappa shape index (κ3) is 1.43. The van der Waals surface area contributed by atoms with Gasteiger partial charge in [0.05, 0.1) is 0 Å². The van der Waals surface area contributed by atoms with E-state index in [0.29, 0.717) is 11.3 Å². The second kappa shape index (κ2) is 3.40. The minimum atomic E-state index is -4.44. The van der Waals surface area contributed by atoms with Gasteiger partial charge in [0.1, 0.15) is 0 Å². The van der Waals surface area contributed by atoms with Gasteiger partial charge in [-0.1, -0.05) is 20.8 Å². The number of alkyl halides is 3. The minimum Gasteiger partial charge on any atom is -0.334 e. The van der Waals surface area contributed by atoms with Gasteiger partial charge in [-0.25, -0.2) is 4.98 Å². The Labute approximate surface area is 114 Å². The predicted octanol–water partition coefficient (Wildman–Crippen LogP) is 4.33. The van der Waals surface area contributed by atoms with Gasteiger partial charge in [-0.15, -0.1) is 0 Å². The van der Waals surface area contributed by atoms with Crippen molar-refractivity contribution in [2.24, 2.45) is 5.41 Å². The molecule has 2 aliphatic rings. The first kappa shape index (κ1) is 13.1. The number of hydrogen-bond acceptors (Lipinski definition) is 2. The van der Waals surface area contributed by atoms with E-state index in [1.807, 2.05) is 20.8 Å². The summed E-state index contributed by atoms with van der Waals surface area (Å²) >= 11 is 4.88. The van der Waals surface area contributed by atoms with Crippen LogP contribution in [0.25, 0.3) is 0 Å². The summed E-state index contributed by atoms with van der Waals surface area (Å²) in [6, 6.07) is 0. The highest BCUT2D eigenvalue weighted by Crippen LogP contribution is 2.68. The van der Waals surface area contributed by atoms with Crippen LogP contribution in [0.3, 0.4) is 0 Å². The summed E-state index contributed by atoms with van der Waals surface area (Å²) in [7, 11) is 0. The Bertz CT molecular complexity index is 617. The van der Waals surface area contributed by atoms with Crippen LogP contribution in [0.2, 0.25) is 0 Å². The van der Waals surface area contributed by atoms with E-state index < -0.39 is 11.9 Å². The van der Waals surface area contributed by atoms with Gasteiger partial charge in [0.2, 0.25) is 0 Å². The third-order valence-electron chi connectivity index (χ3n) is 5.36. The molecule has 0 saturated heterocycles. The number of nitrogens with one attached hydrogen (secondary N) is 1. The molecule has 0 spiro atoms. The molecular weight excluding hydrogens is 273 g/mol. The predicted molar refractivity (Wildman–Crippen MR) is 67.5 cm³/mol. The molecule has 0 aliphatic heterocycles. The number of fused-ring (bicyclic) bond motifs is 5. The van der Waals surface area contributed by atoms with Crippen molar-refractivity contribution >= 4 is 12.2 Å². The van der Waals surface area contributed by atoms with Gasteiger partial charge in [0.15, 0.2) is 10.5 Å². The van der Waals surface area contributed by atoms with Gasteiger partial charge in [-0.05, 0) is 36.4 Å². The number of aromatic amines is 1. The Morgan fingerprint density at radius 2 is 1.95 bits per heavy atom. The van der Waals surface area contributed by atoms with Crippen LogP contribution >= 0.6 is 12.2 Å². The summed E-state index contributed by atoms with van der Waals surface area (Å²) in [5.74, 6) is -0.0940. The smallest absolute Gasteiger partial charge is 0.334 e. The average Bonchev–Trinajstić information content (AvgIpc) is 2.58. The van der Waals surface area contributed by atoms with Gasteiger partial charge in [-0.2, -0.15) is 13.2 Å². The lowest BCUT2D eigenvalue weighted by atomic mass is 9.70. The first-order valence-electron chi connectivity index (χ1n) is 6.31. The maximum atomic E-state index is 13.2. The van der Waals surface area contributed by atoms with Crippen molar-refractivity contribution in [3.05, 3.63) is 21.7 Å². The van der Waals surface area contributed by atoms with Crippen LogP contribution in [0.4, 0.5) is 13.2 Å². The molecule has 2 aliphatic carbocycles. The van der Waals surface area contributed by atoms with Gasteiger partial charge >= 0.3 is 6.18 Å². The molecule has 2 atom stereocenters. The van der Waals surface area contributed by atoms with Crippen LogP contribution in [0.1, 0.15) is 56.5 Å². The second-order valence-corrected chi connectivity index (χ2v) is 6.71. The maximum absolute atomic E-state index is 13.2. The number of H-pyrrole nitrogens is 1. The van der Waals surface area contributed by atoms with Crippen molar-refractivity contribution in [3.63, 3.8) is 0 Å². The number of hydrogen-bond donors (Lipinski definition) is 1. The largest absolute Gasteiger partial charge is 0.433 e. The lowest BCUT2D eigenvalue weighted by molar-refractivity contribution is -0.142. The monoisotopic (exact) mass is 288 g/mol. The fourth-order valence-corrected chi connectivity index (χ4v) is 4.12. The molecule has 1 aromatic heterocycles. The van der Waals surface area contributed by atoms with Crippen molar-refractivity contribution in [1.82, 2.24) is 9.97 Å². The van der Waals surface area contributed by atoms with Crippen LogP contribution < -0.4 is 0 Å². The molecule has 0 radical (unpaired) electrons. The molecule has 2 bridgehead atoms. The van der Waals surface area contributed by atoms with Crippen molar-refractivity contribution in [3.8, 4) is 0 Å². The van der Waals surface area contributed by atoms with E-state index in [4.69, 9.17) is 12.2 Å². The highest BCUT2D eigenvalue weighted by Gasteiger charge is 2.62. The molecule has 19 heavy (non-hydrogen) atoms. The molecule has 2 nitrogen and oxygen atoms in total. The molecule has 0 aromatic carbocycles. The SMILES string of the molecule is CC1(C)[C@H]2CC[C@]1(C)c1[nH]c(=S)nc(C(F)(F)F)c12. The molecule has 0 amide bonds. The Morgan fingerprint density at radius 1 is 1.32 bits per heavy atom. The van der Waals surface area contributed by atoms with Crippen molar-refractivity contribution < 1.29 is 13.2 Å². The van der Waals surface area contributed by atoms with Gasteiger partial charge in [-0.3, -0.25) is 0 Å². The zero-order valence-electron chi connectivity index (χ0n) is 11.0. The zero-order chi connectivity index (χ0) is 14.2. The fraction of sp³-hybridized carbons (Fsp3) is 0.692. The zero-order valence-corrected chi connectivity index (χ0v) is 11.8. The molecule has 1 N–H and O–H groups in total. The van der Waals surface area contributed by atoms with Crippen molar-refractivity contribution in [1.29, 1.82) is 0 Å². The van der Waals surface area contributed by atoms with E-state index in [0.717, 1.165) is 12.8 Å². The standard InChI is InChI=1S/C13H15F3N2S/c1-11(2)6-4-5-12(11,3)8-7(6)9(13(14,15)16)18-10(19)17-8/h6H,4-5H2,1-3H3,(H,17,18,19)/t6-,12+/m0/s1. The van der Waals surface area contributed by atoms with Crippen molar-refractivity contribution in [2.75, 3.05) is 0 Å². The molecule has 1 heterocycles. The van der Waals surface area contributed by atoms with E-state index in [2.05, 4.69) is 9.97 Å². The summed E-state index contributed by atoms with van der Waals surface area (Å²) in [6.45, 7) is 6.12. The number of aromatic nitrogens is 2. The molecular formula is C13H15F3N2S. The van der Waals surface area contributed by atoms with E-state index >= 15 is 0 Å². The summed E-state index contributed by atoms with van der Waals surface area (Å²) < 4.78 is 39.5. The molecule has 0 unspecified atom stereocenters. The lowest BCUT2D eigenvalue weighted by Crippen LogP contribution is -2.32. The molecule has 104 valence electrons. The maximum Gasteiger partial charge on any atom is 0.433 e. The first-order chi connectivity index (χ1) is 8.59. The Morgan fingerprint density at radius 3 is 2.53 bits per heavy atom. The van der Waals surface area contributed by atoms with Crippen molar-refractivity contribution in [2.45, 2.75) is 51.1 Å². The lowest BCUT2D eigenvalue weighted by Gasteiger charge is -2.34. The van der Waals surface area contributed by atoms with Crippen LogP contribution in [-0.2, 0) is 11.6 Å². The number of rotatable bonds is 0. The van der Waals surface area contributed by atoms with Gasteiger partial charge in [0.25, 0.3) is 0 Å². The summed E-state index contributed by atoms with van der Waals surface area (Å²) in [6.07, 6.45) is -2.76. The fourth-order valence-electron chi connectivity index (χ4n) is 3.93. The highest BCUT2D eigenvalue weighted by atomic mass is 32.1. The normalized spacial score (nSPS) is 31.6. The van der Waals surface area contributed by atoms with Gasteiger partial charge in [0, 0.05) is 16.7 Å². The molecule has 6 heteroatoms. The third-order valence-corrected chi connectivity index (χ3v) is 5.56. The molecule has 1 aromatic rings. The van der Waals surface area contributed by atoms with Crippen LogP contribution in [0.15, 0.2) is 0 Å². The van der Waals surface area contributed by atoms with E-state index in [1.54, 1.807) is 0 Å². The van der Waals surface area contributed by atoms with Crippen LogP contribution in [0, 0.1) is 10.2 Å². The minimum absolute atomic E-state index is 0.0735. The summed E-state index contributed by atoms with van der Waals surface area (Å²) in [4.78, 5) is 6.50. The molecule has 3 rings (SSSR count). The first-order valence-corrected chi connectivity index (χ1v) is 6.72. The Kier molecular flexibility index (Phi) is 2.34. The van der Waals surface area contributed by atoms with E-state index in [-0.39, 0.29) is 21.5 Å². The van der Waals surface area contributed by atoms with Gasteiger partial charge < -0.3 is 4.98 Å².